The lowest BCUT2D eigenvalue weighted by Gasteiger charge is -2.07. The van der Waals surface area contributed by atoms with Crippen LogP contribution in [0.25, 0.3) is 20.8 Å². The quantitative estimate of drug-likeness (QED) is 0.668. The third-order valence-electron chi connectivity index (χ3n) is 2.85. The van der Waals surface area contributed by atoms with Crippen LogP contribution in [0.4, 0.5) is 18.9 Å². The summed E-state index contributed by atoms with van der Waals surface area (Å²) in [6.07, 6.45) is -4.35. The van der Waals surface area contributed by atoms with Crippen molar-refractivity contribution in [3.8, 4) is 10.6 Å². The zero-order valence-electron chi connectivity index (χ0n) is 10.1. The molecule has 0 unspecified atom stereocenters. The number of anilines is 1. The molecule has 0 aliphatic heterocycles. The molecule has 2 nitrogen and oxygen atoms in total. The second-order valence-electron chi connectivity index (χ2n) is 4.32. The number of hydrogen-bond donors (Lipinski definition) is 1. The minimum absolute atomic E-state index is 0.458. The van der Waals surface area contributed by atoms with Gasteiger partial charge in [0.15, 0.2) is 0 Å². The molecule has 3 rings (SSSR count). The van der Waals surface area contributed by atoms with Gasteiger partial charge in [0.2, 0.25) is 0 Å². The van der Waals surface area contributed by atoms with Crippen molar-refractivity contribution in [3.63, 3.8) is 0 Å². The Labute approximate surface area is 116 Å². The van der Waals surface area contributed by atoms with Crippen molar-refractivity contribution in [3.05, 3.63) is 48.0 Å². The van der Waals surface area contributed by atoms with Gasteiger partial charge in [0.05, 0.1) is 15.8 Å². The second kappa shape index (κ2) is 4.49. The summed E-state index contributed by atoms with van der Waals surface area (Å²) in [5, 5.41) is 0.553. The van der Waals surface area contributed by atoms with Crippen LogP contribution in [0.5, 0.6) is 0 Å². The van der Waals surface area contributed by atoms with Crippen LogP contribution in [0.1, 0.15) is 5.56 Å². The molecule has 0 bridgehead atoms. The van der Waals surface area contributed by atoms with Gasteiger partial charge in [-0.1, -0.05) is 12.1 Å². The van der Waals surface area contributed by atoms with E-state index in [1.54, 1.807) is 24.3 Å². The van der Waals surface area contributed by atoms with Gasteiger partial charge >= 0.3 is 6.18 Å². The van der Waals surface area contributed by atoms with Crippen LogP contribution < -0.4 is 5.73 Å². The van der Waals surface area contributed by atoms with Gasteiger partial charge in [-0.25, -0.2) is 4.98 Å². The molecule has 0 atom stereocenters. The average molecular weight is 294 g/mol. The van der Waals surface area contributed by atoms with Crippen LogP contribution in [0.15, 0.2) is 42.5 Å². The number of aromatic nitrogens is 1. The second-order valence-corrected chi connectivity index (χ2v) is 5.36. The number of nitrogen functional groups attached to an aromatic ring is 1. The SMILES string of the molecule is Nc1ccc2nc(-c3cccc(C(F)(F)F)c3)sc2c1. The number of hydrogen-bond acceptors (Lipinski definition) is 3. The first-order valence-corrected chi connectivity index (χ1v) is 6.59. The zero-order chi connectivity index (χ0) is 14.3. The lowest BCUT2D eigenvalue weighted by Crippen LogP contribution is -2.04. The van der Waals surface area contributed by atoms with E-state index in [9.17, 15) is 13.2 Å². The van der Waals surface area contributed by atoms with E-state index in [4.69, 9.17) is 5.73 Å². The molecular formula is C14H9F3N2S. The van der Waals surface area contributed by atoms with E-state index in [0.29, 0.717) is 16.3 Å². The van der Waals surface area contributed by atoms with E-state index < -0.39 is 11.7 Å². The Balaban J connectivity index is 2.11. The Morgan fingerprint density at radius 3 is 2.60 bits per heavy atom. The molecule has 0 amide bonds. The van der Waals surface area contributed by atoms with E-state index in [0.717, 1.165) is 22.3 Å². The Morgan fingerprint density at radius 1 is 1.05 bits per heavy atom. The summed E-state index contributed by atoms with van der Waals surface area (Å²) in [7, 11) is 0. The number of benzene rings is 2. The molecule has 0 aliphatic carbocycles. The molecule has 0 fully saturated rings. The zero-order valence-corrected chi connectivity index (χ0v) is 10.9. The lowest BCUT2D eigenvalue weighted by molar-refractivity contribution is -0.137. The van der Waals surface area contributed by atoms with Crippen molar-refractivity contribution in [1.82, 2.24) is 4.98 Å². The monoisotopic (exact) mass is 294 g/mol. The third-order valence-corrected chi connectivity index (χ3v) is 3.92. The molecule has 6 heteroatoms. The van der Waals surface area contributed by atoms with Crippen LogP contribution in [-0.4, -0.2) is 4.98 Å². The molecule has 1 aromatic heterocycles. The van der Waals surface area contributed by atoms with Crippen LogP contribution in [0.2, 0.25) is 0 Å². The summed E-state index contributed by atoms with van der Waals surface area (Å²) in [5.41, 5.74) is 6.81. The first-order valence-electron chi connectivity index (χ1n) is 5.77. The van der Waals surface area contributed by atoms with Gasteiger partial charge in [-0.3, -0.25) is 0 Å². The van der Waals surface area contributed by atoms with Gasteiger partial charge in [-0.05, 0) is 30.3 Å². The molecular weight excluding hydrogens is 285 g/mol. The first-order chi connectivity index (χ1) is 9.43. The van der Waals surface area contributed by atoms with E-state index >= 15 is 0 Å². The number of halogens is 3. The molecule has 0 saturated carbocycles. The Morgan fingerprint density at radius 2 is 1.85 bits per heavy atom. The van der Waals surface area contributed by atoms with Crippen LogP contribution in [0, 0.1) is 0 Å². The molecule has 0 aliphatic rings. The highest BCUT2D eigenvalue weighted by atomic mass is 32.1. The van der Waals surface area contributed by atoms with Crippen LogP contribution in [0.3, 0.4) is 0 Å². The largest absolute Gasteiger partial charge is 0.416 e. The summed E-state index contributed by atoms with van der Waals surface area (Å²) in [6, 6.07) is 10.4. The summed E-state index contributed by atoms with van der Waals surface area (Å²) in [4.78, 5) is 4.34. The summed E-state index contributed by atoms with van der Waals surface area (Å²) in [5.74, 6) is 0. The highest BCUT2D eigenvalue weighted by Crippen LogP contribution is 2.35. The normalized spacial score (nSPS) is 11.9. The summed E-state index contributed by atoms with van der Waals surface area (Å²) >= 11 is 1.33. The molecule has 102 valence electrons. The highest BCUT2D eigenvalue weighted by Gasteiger charge is 2.30. The Bertz CT molecular complexity index is 777. The van der Waals surface area contributed by atoms with Gasteiger partial charge in [0, 0.05) is 11.3 Å². The van der Waals surface area contributed by atoms with Gasteiger partial charge in [-0.2, -0.15) is 13.2 Å². The molecule has 0 radical (unpaired) electrons. The number of rotatable bonds is 1. The van der Waals surface area contributed by atoms with Crippen molar-refractivity contribution < 1.29 is 13.2 Å². The van der Waals surface area contributed by atoms with Gasteiger partial charge in [0.1, 0.15) is 5.01 Å². The molecule has 20 heavy (non-hydrogen) atoms. The number of fused-ring (bicyclic) bond motifs is 1. The smallest absolute Gasteiger partial charge is 0.399 e. The maximum absolute atomic E-state index is 12.7. The molecule has 2 aromatic carbocycles. The summed E-state index contributed by atoms with van der Waals surface area (Å²) < 4.78 is 39.0. The number of nitrogens with two attached hydrogens (primary N) is 1. The maximum Gasteiger partial charge on any atom is 0.416 e. The fourth-order valence-corrected chi connectivity index (χ4v) is 2.90. The standard InChI is InChI=1S/C14H9F3N2S/c15-14(16,17)9-3-1-2-8(6-9)13-19-11-5-4-10(18)7-12(11)20-13/h1-7H,18H2. The molecule has 1 heterocycles. The fourth-order valence-electron chi connectivity index (χ4n) is 1.89. The number of alkyl halides is 3. The predicted octanol–water partition coefficient (Wildman–Crippen LogP) is 4.56. The van der Waals surface area contributed by atoms with Crippen LogP contribution >= 0.6 is 11.3 Å². The van der Waals surface area contributed by atoms with Gasteiger partial charge in [0.25, 0.3) is 0 Å². The van der Waals surface area contributed by atoms with Gasteiger partial charge in [-0.15, -0.1) is 11.3 Å². The average Bonchev–Trinajstić information content (AvgIpc) is 2.81. The minimum Gasteiger partial charge on any atom is -0.399 e. The number of thiazole rings is 1. The van der Waals surface area contributed by atoms with Crippen molar-refractivity contribution in [2.45, 2.75) is 6.18 Å². The molecule has 2 N–H and O–H groups in total. The highest BCUT2D eigenvalue weighted by molar-refractivity contribution is 7.21. The van der Waals surface area contributed by atoms with E-state index in [1.807, 2.05) is 0 Å². The lowest BCUT2D eigenvalue weighted by atomic mass is 10.1. The minimum atomic E-state index is -4.35. The fraction of sp³-hybridized carbons (Fsp3) is 0.0714. The Kier molecular flexibility index (Phi) is 2.90. The van der Waals surface area contributed by atoms with E-state index in [2.05, 4.69) is 4.98 Å². The van der Waals surface area contributed by atoms with Crippen molar-refractivity contribution in [2.75, 3.05) is 5.73 Å². The number of nitrogens with zero attached hydrogens (tertiary/aromatic N) is 1. The third kappa shape index (κ3) is 2.34. The summed E-state index contributed by atoms with van der Waals surface area (Å²) in [6.45, 7) is 0. The van der Waals surface area contributed by atoms with Gasteiger partial charge < -0.3 is 5.73 Å². The molecule has 3 aromatic rings. The van der Waals surface area contributed by atoms with E-state index in [-0.39, 0.29) is 0 Å². The first kappa shape index (κ1) is 12.9. The molecule has 0 spiro atoms. The van der Waals surface area contributed by atoms with Crippen LogP contribution in [-0.2, 0) is 6.18 Å². The van der Waals surface area contributed by atoms with Crippen molar-refractivity contribution in [1.29, 1.82) is 0 Å². The maximum atomic E-state index is 12.7. The topological polar surface area (TPSA) is 38.9 Å². The van der Waals surface area contributed by atoms with E-state index in [1.165, 1.54) is 17.4 Å². The molecule has 0 saturated heterocycles. The van der Waals surface area contributed by atoms with Crippen molar-refractivity contribution in [2.24, 2.45) is 0 Å². The predicted molar refractivity (Wildman–Crippen MR) is 74.5 cm³/mol. The van der Waals surface area contributed by atoms with Crippen molar-refractivity contribution >= 4 is 27.2 Å². The Hall–Kier alpha value is -2.08.